The molecular formula is C29H39F3N2O12S. The van der Waals surface area contributed by atoms with E-state index in [-0.39, 0.29) is 42.5 Å². The average molecular weight is 697 g/mol. The highest BCUT2D eigenvalue weighted by atomic mass is 32.2. The topological polar surface area (TPSA) is 177 Å². The van der Waals surface area contributed by atoms with Gasteiger partial charge in [-0.1, -0.05) is 0 Å². The highest BCUT2D eigenvalue weighted by molar-refractivity contribution is 7.89. The van der Waals surface area contributed by atoms with Gasteiger partial charge in [0.15, 0.2) is 0 Å². The molecule has 0 spiro atoms. The summed E-state index contributed by atoms with van der Waals surface area (Å²) in [6.45, 7) is 4.29. The summed E-state index contributed by atoms with van der Waals surface area (Å²) in [5.41, 5.74) is -0.00182. The largest absolute Gasteiger partial charge is 0.491 e. The van der Waals surface area contributed by atoms with E-state index < -0.39 is 28.1 Å². The number of carbonyl (C=O) groups is 2. The van der Waals surface area contributed by atoms with Gasteiger partial charge < -0.3 is 43.6 Å². The third kappa shape index (κ3) is 17.9. The smallest absolute Gasteiger partial charge is 0.471 e. The van der Waals surface area contributed by atoms with Crippen LogP contribution < -0.4 is 14.8 Å². The standard InChI is InChI=1S/C29H39F3N2O12S/c30-29(31,32)28(37)34-24-3-7-26(8-4-24)47(38,39)33-9-10-40-11-12-41-13-14-42-15-16-43-17-18-44-19-20-45-21-22-46-25-5-1-23(2-6-25)27(35)36/h1-8,33H,9-22H2,(H,34,37)(H,35,36). The lowest BCUT2D eigenvalue weighted by atomic mass is 10.2. The normalized spacial score (nSPS) is 11.8. The first-order valence-electron chi connectivity index (χ1n) is 14.4. The van der Waals surface area contributed by atoms with Gasteiger partial charge >= 0.3 is 18.1 Å². The molecule has 0 aliphatic heterocycles. The Hall–Kier alpha value is -3.36. The predicted molar refractivity (Wildman–Crippen MR) is 160 cm³/mol. The third-order valence-electron chi connectivity index (χ3n) is 5.68. The van der Waals surface area contributed by atoms with Gasteiger partial charge in [-0.2, -0.15) is 13.2 Å². The minimum absolute atomic E-state index is 0.0398. The van der Waals surface area contributed by atoms with E-state index in [4.69, 9.17) is 38.3 Å². The number of aromatic carboxylic acids is 1. The summed E-state index contributed by atoms with van der Waals surface area (Å²) in [5.74, 6) is -2.59. The van der Waals surface area contributed by atoms with Gasteiger partial charge in [-0.05, 0) is 48.5 Å². The van der Waals surface area contributed by atoms with E-state index in [2.05, 4.69) is 4.72 Å². The number of hydrogen-bond donors (Lipinski definition) is 3. The van der Waals surface area contributed by atoms with Crippen LogP contribution in [-0.4, -0.2) is 124 Å². The zero-order valence-electron chi connectivity index (χ0n) is 25.5. The number of rotatable bonds is 26. The monoisotopic (exact) mass is 696 g/mol. The van der Waals surface area contributed by atoms with Gasteiger partial charge in [0.1, 0.15) is 12.4 Å². The molecule has 0 heterocycles. The molecule has 0 radical (unpaired) electrons. The second-order valence-electron chi connectivity index (χ2n) is 9.23. The summed E-state index contributed by atoms with van der Waals surface area (Å²) in [7, 11) is -3.92. The number of sulfonamides is 1. The summed E-state index contributed by atoms with van der Waals surface area (Å²) in [6.07, 6.45) is -5.05. The van der Waals surface area contributed by atoms with Gasteiger partial charge in [-0.15, -0.1) is 0 Å². The number of halogens is 3. The van der Waals surface area contributed by atoms with Gasteiger partial charge in [-0.3, -0.25) is 4.79 Å². The van der Waals surface area contributed by atoms with Crippen LogP contribution in [0.15, 0.2) is 53.4 Å². The van der Waals surface area contributed by atoms with E-state index in [1.54, 1.807) is 17.4 Å². The van der Waals surface area contributed by atoms with Gasteiger partial charge in [0.25, 0.3) is 0 Å². The Morgan fingerprint density at radius 1 is 0.638 bits per heavy atom. The van der Waals surface area contributed by atoms with Gasteiger partial charge in [0.2, 0.25) is 10.0 Å². The third-order valence-corrected chi connectivity index (χ3v) is 7.15. The Labute approximate surface area is 270 Å². The molecule has 0 bridgehead atoms. The number of nitrogens with one attached hydrogen (secondary N) is 2. The lowest BCUT2D eigenvalue weighted by Gasteiger charge is -2.10. The van der Waals surface area contributed by atoms with Crippen LogP contribution in [0, 0.1) is 0 Å². The van der Waals surface area contributed by atoms with E-state index in [0.717, 1.165) is 24.3 Å². The maximum absolute atomic E-state index is 12.3. The Balaban J connectivity index is 1.32. The zero-order valence-corrected chi connectivity index (χ0v) is 26.3. The Morgan fingerprint density at radius 2 is 1.06 bits per heavy atom. The fourth-order valence-electron chi connectivity index (χ4n) is 3.36. The van der Waals surface area contributed by atoms with Gasteiger partial charge in [0.05, 0.1) is 89.7 Å². The first-order chi connectivity index (χ1) is 22.5. The van der Waals surface area contributed by atoms with E-state index in [9.17, 15) is 31.2 Å². The molecule has 14 nitrogen and oxygen atoms in total. The summed E-state index contributed by atoms with van der Waals surface area (Å²) in [5, 5.41) is 10.5. The maximum Gasteiger partial charge on any atom is 0.471 e. The first kappa shape index (κ1) is 39.8. The van der Waals surface area contributed by atoms with Crippen molar-refractivity contribution >= 4 is 27.6 Å². The van der Waals surface area contributed by atoms with Crippen molar-refractivity contribution in [1.29, 1.82) is 0 Å². The number of benzene rings is 2. The van der Waals surface area contributed by atoms with Crippen molar-refractivity contribution in [1.82, 2.24) is 4.72 Å². The van der Waals surface area contributed by atoms with Crippen LogP contribution in [0.4, 0.5) is 18.9 Å². The van der Waals surface area contributed by atoms with Gasteiger partial charge in [0, 0.05) is 12.2 Å². The van der Waals surface area contributed by atoms with Crippen LogP contribution >= 0.6 is 0 Å². The molecule has 18 heteroatoms. The van der Waals surface area contributed by atoms with Crippen molar-refractivity contribution in [2.24, 2.45) is 0 Å². The summed E-state index contributed by atoms with van der Waals surface area (Å²) in [4.78, 5) is 21.6. The average Bonchev–Trinajstić information content (AvgIpc) is 3.03. The van der Waals surface area contributed by atoms with Crippen molar-refractivity contribution < 1.29 is 69.4 Å². The molecule has 0 aliphatic carbocycles. The van der Waals surface area contributed by atoms with Crippen molar-refractivity contribution in [3.8, 4) is 5.75 Å². The fourth-order valence-corrected chi connectivity index (χ4v) is 4.38. The summed E-state index contributed by atoms with van der Waals surface area (Å²) < 4.78 is 102. The number of ether oxygens (including phenoxy) is 7. The fraction of sp³-hybridized carbons (Fsp3) is 0.517. The molecule has 0 saturated carbocycles. The zero-order chi connectivity index (χ0) is 34.4. The maximum atomic E-state index is 12.3. The van der Waals surface area contributed by atoms with Crippen molar-refractivity contribution in [3.05, 3.63) is 54.1 Å². The van der Waals surface area contributed by atoms with E-state index in [1.165, 1.54) is 12.1 Å². The summed E-state index contributed by atoms with van der Waals surface area (Å²) >= 11 is 0. The van der Waals surface area contributed by atoms with Crippen LogP contribution in [0.5, 0.6) is 5.75 Å². The molecule has 0 unspecified atom stereocenters. The first-order valence-corrected chi connectivity index (χ1v) is 15.9. The number of carboxylic acids is 1. The van der Waals surface area contributed by atoms with Crippen LogP contribution in [0.25, 0.3) is 0 Å². The van der Waals surface area contributed by atoms with Crippen LogP contribution in [0.1, 0.15) is 10.4 Å². The molecule has 2 rings (SSSR count). The molecule has 2 aromatic rings. The Morgan fingerprint density at radius 3 is 1.49 bits per heavy atom. The van der Waals surface area contributed by atoms with Crippen LogP contribution in [0.3, 0.4) is 0 Å². The minimum Gasteiger partial charge on any atom is -0.491 e. The SMILES string of the molecule is O=C(O)c1ccc(OCCOCCOCCOCCOCCOCCOCCNS(=O)(=O)c2ccc(NC(=O)C(F)(F)F)cc2)cc1. The molecule has 264 valence electrons. The van der Waals surface area contributed by atoms with Crippen LogP contribution in [-0.2, 0) is 43.2 Å². The van der Waals surface area contributed by atoms with Crippen molar-refractivity contribution in [3.63, 3.8) is 0 Å². The predicted octanol–water partition coefficient (Wildman–Crippen LogP) is 2.34. The second-order valence-corrected chi connectivity index (χ2v) is 11.0. The van der Waals surface area contributed by atoms with Crippen molar-refractivity contribution in [2.45, 2.75) is 11.1 Å². The lowest BCUT2D eigenvalue weighted by molar-refractivity contribution is -0.167. The molecule has 0 aromatic heterocycles. The number of amides is 1. The van der Waals surface area contributed by atoms with Gasteiger partial charge in [-0.25, -0.2) is 17.9 Å². The molecule has 0 fully saturated rings. The minimum atomic E-state index is -5.05. The molecule has 0 saturated heterocycles. The van der Waals surface area contributed by atoms with E-state index in [0.29, 0.717) is 71.8 Å². The number of alkyl halides is 3. The van der Waals surface area contributed by atoms with E-state index in [1.807, 2.05) is 0 Å². The molecule has 0 aliphatic rings. The van der Waals surface area contributed by atoms with Crippen molar-refractivity contribution in [2.75, 3.05) is 97.8 Å². The molecule has 2 aromatic carbocycles. The second kappa shape index (κ2) is 22.3. The highest BCUT2D eigenvalue weighted by Gasteiger charge is 2.38. The molecule has 47 heavy (non-hydrogen) atoms. The van der Waals surface area contributed by atoms with Crippen LogP contribution in [0.2, 0.25) is 0 Å². The Bertz CT molecular complexity index is 1280. The number of carboxylic acid groups (broad SMARTS) is 1. The number of carbonyl (C=O) groups excluding carboxylic acids is 1. The number of hydrogen-bond acceptors (Lipinski definition) is 11. The molecule has 0 atom stereocenters. The molecular weight excluding hydrogens is 657 g/mol. The highest BCUT2D eigenvalue weighted by Crippen LogP contribution is 2.19. The molecule has 3 N–H and O–H groups in total. The molecule has 1 amide bonds. The number of anilines is 1. The Kier molecular flexibility index (Phi) is 18.9. The van der Waals surface area contributed by atoms with E-state index >= 15 is 0 Å². The quantitative estimate of drug-likeness (QED) is 0.123. The summed E-state index contributed by atoms with van der Waals surface area (Å²) in [6, 6.07) is 10.4. The lowest BCUT2D eigenvalue weighted by Crippen LogP contribution is -2.30.